The molecule has 0 fully saturated rings. The molecule has 1 amide bonds. The molecular formula is C12H13ClFNO3. The van der Waals surface area contributed by atoms with Crippen LogP contribution in [0.5, 0.6) is 0 Å². The zero-order valence-electron chi connectivity index (χ0n) is 9.78. The summed E-state index contributed by atoms with van der Waals surface area (Å²) in [5.41, 5.74) is 0.710. The Morgan fingerprint density at radius 1 is 1.39 bits per heavy atom. The van der Waals surface area contributed by atoms with Gasteiger partial charge in [0.05, 0.1) is 7.11 Å². The molecule has 1 aromatic carbocycles. The molecule has 0 aliphatic carbocycles. The van der Waals surface area contributed by atoms with Gasteiger partial charge in [-0.15, -0.1) is 11.6 Å². The van der Waals surface area contributed by atoms with Gasteiger partial charge in [-0.25, -0.2) is 9.18 Å². The number of esters is 1. The van der Waals surface area contributed by atoms with Crippen molar-refractivity contribution in [3.8, 4) is 0 Å². The van der Waals surface area contributed by atoms with E-state index in [4.69, 9.17) is 11.6 Å². The average molecular weight is 274 g/mol. The van der Waals surface area contributed by atoms with Crippen LogP contribution in [0.4, 0.5) is 4.39 Å². The molecule has 1 N–H and O–H groups in total. The molecule has 1 rings (SSSR count). The summed E-state index contributed by atoms with van der Waals surface area (Å²) in [6.45, 7) is 0. The molecule has 0 saturated carbocycles. The number of hydrogen-bond acceptors (Lipinski definition) is 3. The second kappa shape index (κ2) is 6.96. The van der Waals surface area contributed by atoms with E-state index in [1.165, 1.54) is 31.4 Å². The predicted molar refractivity (Wildman–Crippen MR) is 64.8 cm³/mol. The van der Waals surface area contributed by atoms with Crippen molar-refractivity contribution < 1.29 is 18.7 Å². The summed E-state index contributed by atoms with van der Waals surface area (Å²) in [5, 5.41) is 2.44. The normalized spacial score (nSPS) is 11.7. The first-order chi connectivity index (χ1) is 8.56. The van der Waals surface area contributed by atoms with Gasteiger partial charge in [0.15, 0.2) is 0 Å². The number of benzene rings is 1. The van der Waals surface area contributed by atoms with E-state index < -0.39 is 17.9 Å². The number of nitrogens with one attached hydrogen (secondary N) is 1. The minimum atomic E-state index is -0.827. The predicted octanol–water partition coefficient (Wildman–Crippen LogP) is 1.26. The fourth-order valence-electron chi connectivity index (χ4n) is 1.42. The van der Waals surface area contributed by atoms with Crippen molar-refractivity contribution >= 4 is 23.5 Å². The lowest BCUT2D eigenvalue weighted by Crippen LogP contribution is -2.43. The van der Waals surface area contributed by atoms with Crippen molar-refractivity contribution in [3.05, 3.63) is 35.6 Å². The van der Waals surface area contributed by atoms with Crippen LogP contribution < -0.4 is 5.32 Å². The van der Waals surface area contributed by atoms with Crippen LogP contribution in [-0.2, 0) is 20.7 Å². The van der Waals surface area contributed by atoms with Crippen LogP contribution in [0.1, 0.15) is 5.56 Å². The second-order valence-corrected chi connectivity index (χ2v) is 3.87. The number of methoxy groups -OCH3 is 1. The topological polar surface area (TPSA) is 55.4 Å². The molecule has 1 aromatic rings. The standard InChI is InChI=1S/C12H13ClFNO3/c1-18-12(17)10(15-11(16)7-13)6-8-2-4-9(14)5-3-8/h2-5,10H,6-7H2,1H3,(H,15,16)/t10-/m1/s1. The van der Waals surface area contributed by atoms with Gasteiger partial charge in [-0.05, 0) is 17.7 Å². The molecule has 18 heavy (non-hydrogen) atoms. The van der Waals surface area contributed by atoms with Crippen molar-refractivity contribution in [2.24, 2.45) is 0 Å². The molecule has 0 saturated heterocycles. The number of hydrogen-bond donors (Lipinski definition) is 1. The maximum atomic E-state index is 12.7. The van der Waals surface area contributed by atoms with Gasteiger partial charge in [0.2, 0.25) is 5.91 Å². The molecule has 4 nitrogen and oxygen atoms in total. The van der Waals surface area contributed by atoms with E-state index in [1.807, 2.05) is 0 Å². The van der Waals surface area contributed by atoms with Crippen LogP contribution in [0.25, 0.3) is 0 Å². The third-order valence-corrected chi connectivity index (χ3v) is 2.54. The zero-order chi connectivity index (χ0) is 13.5. The second-order valence-electron chi connectivity index (χ2n) is 3.61. The Bertz CT molecular complexity index is 422. The summed E-state index contributed by atoms with van der Waals surface area (Å²) in [6, 6.07) is 4.82. The quantitative estimate of drug-likeness (QED) is 0.649. The number of carbonyl (C=O) groups excluding carboxylic acids is 2. The number of ether oxygens (including phenoxy) is 1. The Hall–Kier alpha value is -1.62. The summed E-state index contributed by atoms with van der Waals surface area (Å²) in [7, 11) is 1.23. The molecule has 0 spiro atoms. The number of rotatable bonds is 5. The van der Waals surface area contributed by atoms with Crippen molar-refractivity contribution in [2.45, 2.75) is 12.5 Å². The van der Waals surface area contributed by atoms with Crippen LogP contribution in [-0.4, -0.2) is 30.9 Å². The van der Waals surface area contributed by atoms with Gasteiger partial charge in [-0.2, -0.15) is 0 Å². The third-order valence-electron chi connectivity index (χ3n) is 2.30. The van der Waals surface area contributed by atoms with Gasteiger partial charge in [0.1, 0.15) is 17.7 Å². The highest BCUT2D eigenvalue weighted by atomic mass is 35.5. The first-order valence-electron chi connectivity index (χ1n) is 5.24. The average Bonchev–Trinajstić information content (AvgIpc) is 2.39. The molecule has 0 aliphatic rings. The van der Waals surface area contributed by atoms with Crippen LogP contribution >= 0.6 is 11.6 Å². The molecule has 0 radical (unpaired) electrons. The number of halogens is 2. The smallest absolute Gasteiger partial charge is 0.328 e. The lowest BCUT2D eigenvalue weighted by molar-refractivity contribution is -0.144. The van der Waals surface area contributed by atoms with E-state index in [-0.39, 0.29) is 18.1 Å². The Morgan fingerprint density at radius 2 is 2.00 bits per heavy atom. The number of alkyl halides is 1. The van der Waals surface area contributed by atoms with Crippen LogP contribution in [0.3, 0.4) is 0 Å². The number of amides is 1. The molecule has 0 unspecified atom stereocenters. The highest BCUT2D eigenvalue weighted by Crippen LogP contribution is 2.07. The van der Waals surface area contributed by atoms with Gasteiger partial charge >= 0.3 is 5.97 Å². The molecule has 0 aromatic heterocycles. The zero-order valence-corrected chi connectivity index (χ0v) is 10.5. The van der Waals surface area contributed by atoms with Crippen molar-refractivity contribution in [3.63, 3.8) is 0 Å². The molecule has 0 aliphatic heterocycles. The first-order valence-corrected chi connectivity index (χ1v) is 5.78. The molecule has 6 heteroatoms. The molecule has 0 heterocycles. The lowest BCUT2D eigenvalue weighted by Gasteiger charge is -2.15. The van der Waals surface area contributed by atoms with Gasteiger partial charge in [-0.1, -0.05) is 12.1 Å². The molecule has 0 bridgehead atoms. The SMILES string of the molecule is COC(=O)[C@@H](Cc1ccc(F)cc1)NC(=O)CCl. The van der Waals surface area contributed by atoms with Crippen LogP contribution in [0, 0.1) is 5.82 Å². The molecular weight excluding hydrogens is 261 g/mol. The van der Waals surface area contributed by atoms with Gasteiger partial charge in [0, 0.05) is 6.42 Å². The third kappa shape index (κ3) is 4.33. The Kier molecular flexibility index (Phi) is 5.58. The fourth-order valence-corrected chi connectivity index (χ4v) is 1.50. The first kappa shape index (κ1) is 14.4. The summed E-state index contributed by atoms with van der Waals surface area (Å²) < 4.78 is 17.3. The highest BCUT2D eigenvalue weighted by Gasteiger charge is 2.21. The Balaban J connectivity index is 2.74. The van der Waals surface area contributed by atoms with E-state index in [1.54, 1.807) is 0 Å². The minimum Gasteiger partial charge on any atom is -0.467 e. The largest absolute Gasteiger partial charge is 0.467 e. The van der Waals surface area contributed by atoms with Crippen molar-refractivity contribution in [1.29, 1.82) is 0 Å². The maximum absolute atomic E-state index is 12.7. The van der Waals surface area contributed by atoms with Crippen LogP contribution in [0.2, 0.25) is 0 Å². The van der Waals surface area contributed by atoms with Crippen molar-refractivity contribution in [1.82, 2.24) is 5.32 Å². The van der Waals surface area contributed by atoms with Gasteiger partial charge < -0.3 is 10.1 Å². The minimum absolute atomic E-state index is 0.218. The molecule has 1 atom stereocenters. The van der Waals surface area contributed by atoms with Gasteiger partial charge in [0.25, 0.3) is 0 Å². The summed E-state index contributed by atoms with van der Waals surface area (Å²) in [4.78, 5) is 22.7. The monoisotopic (exact) mass is 273 g/mol. The Labute approximate surface area is 109 Å². The van der Waals surface area contributed by atoms with E-state index in [0.717, 1.165) is 0 Å². The number of carbonyl (C=O) groups is 2. The van der Waals surface area contributed by atoms with E-state index >= 15 is 0 Å². The Morgan fingerprint density at radius 3 is 2.50 bits per heavy atom. The van der Waals surface area contributed by atoms with E-state index in [9.17, 15) is 14.0 Å². The summed E-state index contributed by atoms with van der Waals surface area (Å²) in [5.74, 6) is -1.64. The highest BCUT2D eigenvalue weighted by molar-refractivity contribution is 6.27. The van der Waals surface area contributed by atoms with Gasteiger partial charge in [-0.3, -0.25) is 4.79 Å². The fraction of sp³-hybridized carbons (Fsp3) is 0.333. The van der Waals surface area contributed by atoms with E-state index in [2.05, 4.69) is 10.1 Å². The lowest BCUT2D eigenvalue weighted by atomic mass is 10.1. The summed E-state index contributed by atoms with van der Waals surface area (Å²) in [6.07, 6.45) is 0.218. The van der Waals surface area contributed by atoms with E-state index in [0.29, 0.717) is 5.56 Å². The maximum Gasteiger partial charge on any atom is 0.328 e. The van der Waals surface area contributed by atoms with Crippen molar-refractivity contribution in [2.75, 3.05) is 13.0 Å². The summed E-state index contributed by atoms with van der Waals surface area (Å²) >= 11 is 5.35. The molecule has 98 valence electrons. The van der Waals surface area contributed by atoms with Crippen LogP contribution in [0.15, 0.2) is 24.3 Å².